The van der Waals surface area contributed by atoms with Crippen molar-refractivity contribution in [2.24, 2.45) is 0 Å². The first-order chi connectivity index (χ1) is 7.11. The van der Waals surface area contributed by atoms with E-state index in [9.17, 15) is 9.59 Å². The fraction of sp³-hybridized carbons (Fsp3) is 0.400. The summed E-state index contributed by atoms with van der Waals surface area (Å²) in [7, 11) is 0. The molecule has 0 spiro atoms. The van der Waals surface area contributed by atoms with Crippen LogP contribution < -0.4 is 0 Å². The molecule has 0 aromatic rings. The van der Waals surface area contributed by atoms with Crippen molar-refractivity contribution in [3.8, 4) is 0 Å². The van der Waals surface area contributed by atoms with Crippen LogP contribution in [0.2, 0.25) is 0 Å². The number of nitrogens with zero attached hydrogens (tertiary/aromatic N) is 1. The normalized spacial score (nSPS) is 9.07. The van der Waals surface area contributed by atoms with Gasteiger partial charge in [-0.1, -0.05) is 18.7 Å². The molecule has 15 heavy (non-hydrogen) atoms. The standard InChI is InChI=1S/C10H15NO4/c1-3-5-6-11(8-9(12)13)10(14)15-7-4-2/h3-4H,1-2,5-8H2,(H,12,13). The molecule has 0 saturated carbocycles. The second kappa shape index (κ2) is 7.61. The van der Waals surface area contributed by atoms with Crippen LogP contribution in [-0.4, -0.2) is 41.8 Å². The van der Waals surface area contributed by atoms with Gasteiger partial charge in [0.05, 0.1) is 0 Å². The Bertz CT molecular complexity index is 250. The molecule has 0 bridgehead atoms. The van der Waals surface area contributed by atoms with Gasteiger partial charge in [-0.25, -0.2) is 4.79 Å². The molecule has 1 amide bonds. The van der Waals surface area contributed by atoms with Gasteiger partial charge in [-0.2, -0.15) is 0 Å². The van der Waals surface area contributed by atoms with Gasteiger partial charge in [-0.3, -0.25) is 9.69 Å². The van der Waals surface area contributed by atoms with Gasteiger partial charge in [0.25, 0.3) is 0 Å². The number of carboxylic acids is 1. The first-order valence-corrected chi connectivity index (χ1v) is 4.47. The zero-order chi connectivity index (χ0) is 11.7. The Labute approximate surface area is 88.6 Å². The molecule has 84 valence electrons. The van der Waals surface area contributed by atoms with Gasteiger partial charge in [0, 0.05) is 6.54 Å². The average molecular weight is 213 g/mol. The zero-order valence-corrected chi connectivity index (χ0v) is 8.52. The van der Waals surface area contributed by atoms with Crippen LogP contribution in [0.3, 0.4) is 0 Å². The molecule has 5 nitrogen and oxygen atoms in total. The number of rotatable bonds is 7. The molecular formula is C10H15NO4. The molecule has 0 saturated heterocycles. The van der Waals surface area contributed by atoms with Crippen LogP contribution in [0.25, 0.3) is 0 Å². The predicted molar refractivity (Wildman–Crippen MR) is 55.6 cm³/mol. The van der Waals surface area contributed by atoms with Crippen molar-refractivity contribution < 1.29 is 19.4 Å². The molecule has 0 unspecified atom stereocenters. The van der Waals surface area contributed by atoms with Crippen molar-refractivity contribution >= 4 is 12.1 Å². The van der Waals surface area contributed by atoms with Crippen LogP contribution in [0.4, 0.5) is 4.79 Å². The largest absolute Gasteiger partial charge is 0.480 e. The lowest BCUT2D eigenvalue weighted by Crippen LogP contribution is -2.36. The van der Waals surface area contributed by atoms with E-state index in [4.69, 9.17) is 9.84 Å². The number of carboxylic acid groups (broad SMARTS) is 1. The first-order valence-electron chi connectivity index (χ1n) is 4.47. The molecule has 0 aromatic carbocycles. The van der Waals surface area contributed by atoms with Crippen molar-refractivity contribution in [3.63, 3.8) is 0 Å². The number of amides is 1. The summed E-state index contributed by atoms with van der Waals surface area (Å²) in [6.07, 6.45) is 2.90. The third-order valence-electron chi connectivity index (χ3n) is 1.51. The SMILES string of the molecule is C=CCCN(CC(=O)O)C(=O)OCC=C. The Kier molecular flexibility index (Phi) is 6.70. The zero-order valence-electron chi connectivity index (χ0n) is 8.52. The fourth-order valence-electron chi connectivity index (χ4n) is 0.867. The molecule has 0 atom stereocenters. The van der Waals surface area contributed by atoms with Crippen LogP contribution >= 0.6 is 0 Å². The van der Waals surface area contributed by atoms with Gasteiger partial charge in [0.15, 0.2) is 0 Å². The summed E-state index contributed by atoms with van der Waals surface area (Å²) in [4.78, 5) is 22.9. The lowest BCUT2D eigenvalue weighted by atomic mass is 10.4. The maximum Gasteiger partial charge on any atom is 0.410 e. The summed E-state index contributed by atoms with van der Waals surface area (Å²) in [5.41, 5.74) is 0. The monoisotopic (exact) mass is 213 g/mol. The Hall–Kier alpha value is -1.78. The van der Waals surface area contributed by atoms with Gasteiger partial charge >= 0.3 is 12.1 Å². The molecule has 5 heteroatoms. The highest BCUT2D eigenvalue weighted by Crippen LogP contribution is 1.97. The second-order valence-corrected chi connectivity index (χ2v) is 2.76. The highest BCUT2D eigenvalue weighted by Gasteiger charge is 2.16. The van der Waals surface area contributed by atoms with Crippen LogP contribution in [0, 0.1) is 0 Å². The van der Waals surface area contributed by atoms with Crippen molar-refractivity contribution in [2.75, 3.05) is 19.7 Å². The van der Waals surface area contributed by atoms with Crippen molar-refractivity contribution in [2.45, 2.75) is 6.42 Å². The summed E-state index contributed by atoms with van der Waals surface area (Å²) in [6.45, 7) is 6.86. The first kappa shape index (κ1) is 13.2. The maximum atomic E-state index is 11.3. The minimum atomic E-state index is -1.07. The van der Waals surface area contributed by atoms with Crippen LogP contribution in [0.1, 0.15) is 6.42 Å². The van der Waals surface area contributed by atoms with E-state index in [1.54, 1.807) is 6.08 Å². The Morgan fingerprint density at radius 3 is 2.47 bits per heavy atom. The molecule has 0 aromatic heterocycles. The van der Waals surface area contributed by atoms with Crippen LogP contribution in [0.15, 0.2) is 25.3 Å². The second-order valence-electron chi connectivity index (χ2n) is 2.76. The lowest BCUT2D eigenvalue weighted by molar-refractivity contribution is -0.138. The summed E-state index contributed by atoms with van der Waals surface area (Å²) in [5, 5.41) is 8.56. The van der Waals surface area contributed by atoms with E-state index in [0.717, 1.165) is 4.90 Å². The molecule has 0 heterocycles. The Balaban J connectivity index is 4.18. The number of hydrogen-bond acceptors (Lipinski definition) is 3. The van der Waals surface area contributed by atoms with Crippen LogP contribution in [0.5, 0.6) is 0 Å². The van der Waals surface area contributed by atoms with Gasteiger partial charge in [0.1, 0.15) is 13.2 Å². The lowest BCUT2D eigenvalue weighted by Gasteiger charge is -2.18. The Morgan fingerprint density at radius 2 is 2.00 bits per heavy atom. The summed E-state index contributed by atoms with van der Waals surface area (Å²) < 4.78 is 4.72. The molecule has 0 fully saturated rings. The summed E-state index contributed by atoms with van der Waals surface area (Å²) in [5.74, 6) is -1.07. The molecular weight excluding hydrogens is 198 g/mol. The molecule has 0 radical (unpaired) electrons. The molecule has 0 rings (SSSR count). The average Bonchev–Trinajstić information content (AvgIpc) is 2.20. The third-order valence-corrected chi connectivity index (χ3v) is 1.51. The quantitative estimate of drug-likeness (QED) is 0.647. The number of ether oxygens (including phenoxy) is 1. The molecule has 1 N–H and O–H groups in total. The van der Waals surface area contributed by atoms with Crippen molar-refractivity contribution in [1.29, 1.82) is 0 Å². The van der Waals surface area contributed by atoms with E-state index in [-0.39, 0.29) is 19.7 Å². The highest BCUT2D eigenvalue weighted by atomic mass is 16.6. The van der Waals surface area contributed by atoms with E-state index >= 15 is 0 Å². The number of carbonyl (C=O) groups excluding carboxylic acids is 1. The van der Waals surface area contributed by atoms with E-state index in [2.05, 4.69) is 13.2 Å². The van der Waals surface area contributed by atoms with Gasteiger partial charge in [-0.15, -0.1) is 6.58 Å². The van der Waals surface area contributed by atoms with Gasteiger partial charge < -0.3 is 9.84 Å². The number of aliphatic carboxylic acids is 1. The van der Waals surface area contributed by atoms with Crippen molar-refractivity contribution in [3.05, 3.63) is 25.3 Å². The predicted octanol–water partition coefficient (Wildman–Crippen LogP) is 1.27. The summed E-state index contributed by atoms with van der Waals surface area (Å²) >= 11 is 0. The van der Waals surface area contributed by atoms with Crippen molar-refractivity contribution in [1.82, 2.24) is 4.90 Å². The van der Waals surface area contributed by atoms with E-state index in [0.29, 0.717) is 6.42 Å². The minimum Gasteiger partial charge on any atom is -0.480 e. The van der Waals surface area contributed by atoms with Gasteiger partial charge in [-0.05, 0) is 6.42 Å². The van der Waals surface area contributed by atoms with E-state index < -0.39 is 12.1 Å². The fourth-order valence-corrected chi connectivity index (χ4v) is 0.867. The number of hydrogen-bond donors (Lipinski definition) is 1. The highest BCUT2D eigenvalue weighted by molar-refractivity contribution is 5.76. The maximum absolute atomic E-state index is 11.3. The minimum absolute atomic E-state index is 0.0725. The van der Waals surface area contributed by atoms with Crippen LogP contribution in [-0.2, 0) is 9.53 Å². The Morgan fingerprint density at radius 1 is 1.33 bits per heavy atom. The smallest absolute Gasteiger partial charge is 0.410 e. The third kappa shape index (κ3) is 6.31. The molecule has 0 aliphatic carbocycles. The van der Waals surface area contributed by atoms with E-state index in [1.165, 1.54) is 6.08 Å². The molecule has 0 aliphatic heterocycles. The number of carbonyl (C=O) groups is 2. The topological polar surface area (TPSA) is 66.8 Å². The summed E-state index contributed by atoms with van der Waals surface area (Å²) in [6, 6.07) is 0. The van der Waals surface area contributed by atoms with E-state index in [1.807, 2.05) is 0 Å². The van der Waals surface area contributed by atoms with Gasteiger partial charge in [0.2, 0.25) is 0 Å². The molecule has 0 aliphatic rings.